The van der Waals surface area contributed by atoms with Crippen molar-refractivity contribution in [2.45, 2.75) is 26.5 Å². The number of benzene rings is 1. The van der Waals surface area contributed by atoms with Gasteiger partial charge in [0, 0.05) is 27.4 Å². The van der Waals surface area contributed by atoms with Crippen LogP contribution >= 0.6 is 11.3 Å². The predicted molar refractivity (Wildman–Crippen MR) is 128 cm³/mol. The Morgan fingerprint density at radius 2 is 2.00 bits per heavy atom. The van der Waals surface area contributed by atoms with Gasteiger partial charge < -0.3 is 19.9 Å². The van der Waals surface area contributed by atoms with Crippen LogP contribution in [-0.4, -0.2) is 76.6 Å². The van der Waals surface area contributed by atoms with Gasteiger partial charge in [-0.05, 0) is 37.1 Å². The van der Waals surface area contributed by atoms with E-state index in [2.05, 4.69) is 25.3 Å². The Balaban J connectivity index is 1.65. The normalized spacial score (nSPS) is 12.2. The van der Waals surface area contributed by atoms with Gasteiger partial charge in [0.1, 0.15) is 22.4 Å². The van der Waals surface area contributed by atoms with Crippen LogP contribution in [0.25, 0.3) is 10.3 Å². The largest absolute Gasteiger partial charge is 0.489 e. The fourth-order valence-corrected chi connectivity index (χ4v) is 4.13. The van der Waals surface area contributed by atoms with Crippen molar-refractivity contribution in [2.75, 3.05) is 33.0 Å². The summed E-state index contributed by atoms with van der Waals surface area (Å²) in [6, 6.07) is 3.95. The van der Waals surface area contributed by atoms with E-state index in [0.717, 1.165) is 28.2 Å². The molecule has 0 unspecified atom stereocenters. The number of nitrogens with zero attached hydrogens (tertiary/aromatic N) is 6. The molecule has 2 amide bonds. The summed E-state index contributed by atoms with van der Waals surface area (Å²) in [6.07, 6.45) is 3.24. The lowest BCUT2D eigenvalue weighted by Gasteiger charge is -2.18. The molecule has 0 radical (unpaired) electrons. The second-order valence-electron chi connectivity index (χ2n) is 8.15. The molecule has 0 atom stereocenters. The highest BCUT2D eigenvalue weighted by molar-refractivity contribution is 7.19. The maximum Gasteiger partial charge on any atom is 0.283 e. The molecule has 1 aliphatic rings. The van der Waals surface area contributed by atoms with Gasteiger partial charge in [0.05, 0.1) is 24.9 Å². The fraction of sp³-hybridized carbons (Fsp3) is 0.364. The first-order valence-corrected chi connectivity index (χ1v) is 11.2. The van der Waals surface area contributed by atoms with E-state index in [4.69, 9.17) is 4.74 Å². The lowest BCUT2D eigenvalue weighted by molar-refractivity contribution is -0.129. The molecule has 0 spiro atoms. The van der Waals surface area contributed by atoms with Crippen molar-refractivity contribution in [1.82, 2.24) is 24.8 Å². The summed E-state index contributed by atoms with van der Waals surface area (Å²) in [5.74, 6) is 0.629. The number of amides is 2. The number of carbonyl (C=O) groups is 2. The van der Waals surface area contributed by atoms with Gasteiger partial charge in [0.2, 0.25) is 5.91 Å². The maximum atomic E-state index is 12.8. The Kier molecular flexibility index (Phi) is 6.23. The Labute approximate surface area is 195 Å². The van der Waals surface area contributed by atoms with Crippen molar-refractivity contribution in [3.63, 3.8) is 0 Å². The number of hydrogen-bond donors (Lipinski definition) is 1. The first-order valence-electron chi connectivity index (χ1n) is 10.4. The van der Waals surface area contributed by atoms with Crippen molar-refractivity contribution >= 4 is 51.2 Å². The predicted octanol–water partition coefficient (Wildman–Crippen LogP) is 2.71. The number of likely N-dealkylation sites (N-methyl/N-ethyl adjacent to an activating group) is 2. The minimum Gasteiger partial charge on any atom is -0.489 e. The molecule has 2 aromatic heterocycles. The van der Waals surface area contributed by atoms with E-state index in [0.29, 0.717) is 28.5 Å². The Bertz CT molecular complexity index is 1250. The van der Waals surface area contributed by atoms with E-state index in [1.165, 1.54) is 16.1 Å². The fourth-order valence-electron chi connectivity index (χ4n) is 3.23. The number of thiazole rings is 1. The van der Waals surface area contributed by atoms with Crippen LogP contribution in [0, 0.1) is 0 Å². The van der Waals surface area contributed by atoms with Gasteiger partial charge in [-0.3, -0.25) is 14.6 Å². The smallest absolute Gasteiger partial charge is 0.283 e. The van der Waals surface area contributed by atoms with Crippen molar-refractivity contribution in [3.8, 4) is 5.75 Å². The number of hydrogen-bond acceptors (Lipinski definition) is 9. The number of aliphatic imine (C=N–C) groups is 1. The molecule has 0 fully saturated rings. The molecule has 10 nitrogen and oxygen atoms in total. The van der Waals surface area contributed by atoms with E-state index < -0.39 is 0 Å². The van der Waals surface area contributed by atoms with Crippen LogP contribution in [0.3, 0.4) is 0 Å². The highest BCUT2D eigenvalue weighted by Crippen LogP contribution is 2.35. The molecule has 1 N–H and O–H groups in total. The first kappa shape index (κ1) is 22.6. The Morgan fingerprint density at radius 3 is 2.73 bits per heavy atom. The number of rotatable bonds is 7. The minimum absolute atomic E-state index is 0.0137. The van der Waals surface area contributed by atoms with E-state index in [1.54, 1.807) is 21.1 Å². The van der Waals surface area contributed by atoms with Gasteiger partial charge >= 0.3 is 0 Å². The maximum absolute atomic E-state index is 12.8. The molecule has 4 rings (SSSR count). The molecule has 1 aliphatic heterocycles. The minimum atomic E-state index is -0.350. The van der Waals surface area contributed by atoms with Gasteiger partial charge in [-0.15, -0.1) is 0 Å². The molecule has 172 valence electrons. The number of fused-ring (bicyclic) bond motifs is 2. The third-order valence-electron chi connectivity index (χ3n) is 4.95. The zero-order valence-corrected chi connectivity index (χ0v) is 19.9. The molecule has 0 aliphatic carbocycles. The summed E-state index contributed by atoms with van der Waals surface area (Å²) in [6.45, 7) is 4.52. The van der Waals surface area contributed by atoms with Crippen LogP contribution in [0.15, 0.2) is 23.5 Å². The van der Waals surface area contributed by atoms with Crippen LogP contribution in [0.5, 0.6) is 5.75 Å². The summed E-state index contributed by atoms with van der Waals surface area (Å²) in [7, 11) is 4.87. The summed E-state index contributed by atoms with van der Waals surface area (Å²) in [5.41, 5.74) is 3.31. The van der Waals surface area contributed by atoms with Crippen LogP contribution in [0.1, 0.15) is 34.8 Å². The van der Waals surface area contributed by atoms with Crippen molar-refractivity contribution in [3.05, 3.63) is 34.6 Å². The zero-order valence-electron chi connectivity index (χ0n) is 19.1. The molecule has 0 saturated carbocycles. The Hall–Kier alpha value is -3.60. The number of anilines is 2. The molecule has 11 heteroatoms. The lowest BCUT2D eigenvalue weighted by Crippen LogP contribution is -2.37. The van der Waals surface area contributed by atoms with E-state index >= 15 is 0 Å². The molecule has 33 heavy (non-hydrogen) atoms. The van der Waals surface area contributed by atoms with Crippen LogP contribution in [0.4, 0.5) is 11.5 Å². The molecule has 3 heterocycles. The van der Waals surface area contributed by atoms with Crippen LogP contribution in [-0.2, 0) is 11.3 Å². The van der Waals surface area contributed by atoms with Gasteiger partial charge in [0.25, 0.3) is 5.91 Å². The summed E-state index contributed by atoms with van der Waals surface area (Å²) in [4.78, 5) is 45.6. The van der Waals surface area contributed by atoms with Crippen LogP contribution in [0.2, 0.25) is 0 Å². The molecule has 3 aromatic rings. The van der Waals surface area contributed by atoms with Gasteiger partial charge in [-0.2, -0.15) is 0 Å². The standard InChI is InChI=1S/C22H25N7O3S/c1-12(2)32-16-7-14-9-23-8-13(14)6-15(16)26-19-18-20(25-11-24-19)33-21(27-18)22(31)29(5)10-17(30)28(3)4/h6-8,11-12H,9-10H2,1-5H3,(H,24,25,26). The van der Waals surface area contributed by atoms with Crippen molar-refractivity contribution < 1.29 is 14.3 Å². The SMILES string of the molecule is CC(C)Oc1cc2c(cc1Nc1ncnc3sc(C(=O)N(C)CC(=O)N(C)C)nc13)C=NC2. The number of ether oxygens (including phenoxy) is 1. The van der Waals surface area contributed by atoms with Crippen LogP contribution < -0.4 is 10.1 Å². The summed E-state index contributed by atoms with van der Waals surface area (Å²) < 4.78 is 6.01. The van der Waals surface area contributed by atoms with E-state index in [1.807, 2.05) is 32.2 Å². The topological polar surface area (TPSA) is 113 Å². The first-order chi connectivity index (χ1) is 15.7. The summed E-state index contributed by atoms with van der Waals surface area (Å²) >= 11 is 1.16. The zero-order chi connectivity index (χ0) is 23.7. The lowest BCUT2D eigenvalue weighted by atomic mass is 10.1. The van der Waals surface area contributed by atoms with Crippen molar-refractivity contribution in [1.29, 1.82) is 0 Å². The third-order valence-corrected chi connectivity index (χ3v) is 5.90. The molecular formula is C22H25N7O3S. The average molecular weight is 468 g/mol. The quantitative estimate of drug-likeness (QED) is 0.568. The van der Waals surface area contributed by atoms with Gasteiger partial charge in [-0.25, -0.2) is 15.0 Å². The second-order valence-corrected chi connectivity index (χ2v) is 9.13. The van der Waals surface area contributed by atoms with Gasteiger partial charge in [0.15, 0.2) is 10.8 Å². The number of carbonyl (C=O) groups excluding carboxylic acids is 2. The molecule has 0 bridgehead atoms. The van der Waals surface area contributed by atoms with E-state index in [9.17, 15) is 9.59 Å². The highest BCUT2D eigenvalue weighted by atomic mass is 32.1. The highest BCUT2D eigenvalue weighted by Gasteiger charge is 2.22. The average Bonchev–Trinajstić information content (AvgIpc) is 3.39. The second kappa shape index (κ2) is 9.10. The number of nitrogens with one attached hydrogen (secondary N) is 1. The Morgan fingerprint density at radius 1 is 1.21 bits per heavy atom. The van der Waals surface area contributed by atoms with Gasteiger partial charge in [-0.1, -0.05) is 11.3 Å². The molecule has 1 aromatic carbocycles. The van der Waals surface area contributed by atoms with E-state index in [-0.39, 0.29) is 29.5 Å². The molecule has 0 saturated heterocycles. The summed E-state index contributed by atoms with van der Waals surface area (Å²) in [5, 5.41) is 3.54. The number of aromatic nitrogens is 3. The monoisotopic (exact) mass is 467 g/mol. The molecular weight excluding hydrogens is 442 g/mol. The third kappa shape index (κ3) is 4.77. The van der Waals surface area contributed by atoms with Crippen molar-refractivity contribution in [2.24, 2.45) is 4.99 Å².